The Labute approximate surface area is 152 Å². The zero-order valence-electron chi connectivity index (χ0n) is 14.5. The Bertz CT molecular complexity index is 802. The predicted octanol–water partition coefficient (Wildman–Crippen LogP) is 2.32. The molecule has 0 unspecified atom stereocenters. The van der Waals surface area contributed by atoms with Crippen molar-refractivity contribution in [1.82, 2.24) is 15.0 Å². The quantitative estimate of drug-likeness (QED) is 0.734. The summed E-state index contributed by atoms with van der Waals surface area (Å²) in [6.07, 6.45) is 4.09. The van der Waals surface area contributed by atoms with Gasteiger partial charge >= 0.3 is 0 Å². The van der Waals surface area contributed by atoms with Gasteiger partial charge in [-0.2, -0.15) is 4.72 Å². The zero-order valence-corrected chi connectivity index (χ0v) is 16.2. The van der Waals surface area contributed by atoms with Gasteiger partial charge in [0.25, 0.3) is 10.0 Å². The third-order valence-corrected chi connectivity index (χ3v) is 6.83. The van der Waals surface area contributed by atoms with Crippen molar-refractivity contribution in [3.05, 3.63) is 47.1 Å². The van der Waals surface area contributed by atoms with Crippen LogP contribution in [0.2, 0.25) is 0 Å². The highest BCUT2D eigenvalue weighted by Crippen LogP contribution is 2.22. The number of pyridine rings is 1. The van der Waals surface area contributed by atoms with Crippen LogP contribution >= 0.6 is 11.3 Å². The molecule has 0 radical (unpaired) electrons. The van der Waals surface area contributed by atoms with Crippen LogP contribution in [0.15, 0.2) is 40.9 Å². The molecule has 8 heteroatoms. The zero-order chi connectivity index (χ0) is 18.4. The minimum absolute atomic E-state index is 0.186. The van der Waals surface area contributed by atoms with Crippen molar-refractivity contribution in [1.29, 1.82) is 0 Å². The summed E-state index contributed by atoms with van der Waals surface area (Å²) in [7, 11) is -3.73. The molecule has 2 rings (SSSR count). The number of carbonyl (C=O) groups excluding carboxylic acids is 1. The predicted molar refractivity (Wildman–Crippen MR) is 98.7 cm³/mol. The Morgan fingerprint density at radius 2 is 2.04 bits per heavy atom. The lowest BCUT2D eigenvalue weighted by molar-refractivity contribution is -0.123. The molecule has 0 saturated heterocycles. The molecule has 136 valence electrons. The van der Waals surface area contributed by atoms with Crippen LogP contribution in [0.5, 0.6) is 0 Å². The van der Waals surface area contributed by atoms with Gasteiger partial charge in [0, 0.05) is 23.8 Å². The second kappa shape index (κ2) is 8.55. The Hall–Kier alpha value is -1.77. The summed E-state index contributed by atoms with van der Waals surface area (Å²) in [6.45, 7) is 5.89. The molecule has 2 N–H and O–H groups in total. The van der Waals surface area contributed by atoms with Gasteiger partial charge in [-0.3, -0.25) is 9.78 Å². The van der Waals surface area contributed by atoms with E-state index in [0.29, 0.717) is 6.54 Å². The van der Waals surface area contributed by atoms with Gasteiger partial charge in [0.15, 0.2) is 0 Å². The van der Waals surface area contributed by atoms with E-state index in [0.717, 1.165) is 16.9 Å². The number of rotatable bonds is 8. The lowest BCUT2D eigenvalue weighted by atomic mass is 10.0. The van der Waals surface area contributed by atoms with Gasteiger partial charge in [0.2, 0.25) is 5.91 Å². The van der Waals surface area contributed by atoms with Gasteiger partial charge in [0.05, 0.1) is 0 Å². The average Bonchev–Trinajstić information content (AvgIpc) is 3.08. The number of aromatic nitrogens is 1. The number of nitrogens with one attached hydrogen (secondary N) is 2. The topological polar surface area (TPSA) is 88.2 Å². The number of hydrogen-bond donors (Lipinski definition) is 2. The van der Waals surface area contributed by atoms with E-state index in [-0.39, 0.29) is 16.0 Å². The molecule has 0 aromatic carbocycles. The normalized spacial score (nSPS) is 13.0. The molecule has 6 nitrogen and oxygen atoms in total. The molecule has 0 fully saturated rings. The SMILES string of the molecule is CCc1ccc(S(=O)(=O)N[C@@H](C(=O)NCc2cccnc2)C(C)C)s1. The summed E-state index contributed by atoms with van der Waals surface area (Å²) < 4.78 is 27.9. The highest BCUT2D eigenvalue weighted by molar-refractivity contribution is 7.91. The maximum Gasteiger partial charge on any atom is 0.250 e. The fourth-order valence-corrected chi connectivity index (χ4v) is 4.87. The molecule has 0 spiro atoms. The van der Waals surface area contributed by atoms with Crippen LogP contribution in [0, 0.1) is 5.92 Å². The maximum absolute atomic E-state index is 12.6. The Kier molecular flexibility index (Phi) is 6.69. The molecular formula is C17H23N3O3S2. The van der Waals surface area contributed by atoms with E-state index >= 15 is 0 Å². The molecule has 1 atom stereocenters. The third kappa shape index (κ3) is 5.35. The van der Waals surface area contributed by atoms with Crippen molar-refractivity contribution in [3.8, 4) is 0 Å². The van der Waals surface area contributed by atoms with Crippen LogP contribution in [0.1, 0.15) is 31.2 Å². The first kappa shape index (κ1) is 19.6. The van der Waals surface area contributed by atoms with E-state index in [4.69, 9.17) is 0 Å². The molecule has 0 saturated carbocycles. The van der Waals surface area contributed by atoms with E-state index in [1.165, 1.54) is 11.3 Å². The minimum atomic E-state index is -3.73. The Morgan fingerprint density at radius 1 is 1.28 bits per heavy atom. The summed E-state index contributed by atoms with van der Waals surface area (Å²) in [5.74, 6) is -0.538. The largest absolute Gasteiger partial charge is 0.351 e. The standard InChI is InChI=1S/C17H23N3O3S2/c1-4-14-7-8-15(24-14)25(22,23)20-16(12(2)3)17(21)19-11-13-6-5-9-18-10-13/h5-10,12,16,20H,4,11H2,1-3H3,(H,19,21)/t16-/m1/s1. The van der Waals surface area contributed by atoms with Crippen molar-refractivity contribution in [2.45, 2.75) is 44.0 Å². The number of hydrogen-bond acceptors (Lipinski definition) is 5. The molecule has 25 heavy (non-hydrogen) atoms. The molecule has 1 amide bonds. The van der Waals surface area contributed by atoms with E-state index in [1.807, 2.05) is 26.8 Å². The molecule has 2 aromatic rings. The van der Waals surface area contributed by atoms with Crippen molar-refractivity contribution in [2.24, 2.45) is 5.92 Å². The average molecular weight is 382 g/mol. The van der Waals surface area contributed by atoms with Crippen LogP contribution in [0.4, 0.5) is 0 Å². The molecule has 0 bridgehead atoms. The van der Waals surface area contributed by atoms with Crippen molar-refractivity contribution < 1.29 is 13.2 Å². The van der Waals surface area contributed by atoms with Gasteiger partial charge < -0.3 is 5.32 Å². The lowest BCUT2D eigenvalue weighted by Crippen LogP contribution is -2.49. The van der Waals surface area contributed by atoms with Crippen LogP contribution in [0.25, 0.3) is 0 Å². The fraction of sp³-hybridized carbons (Fsp3) is 0.412. The molecule has 0 aliphatic heterocycles. The molecule has 2 aromatic heterocycles. The second-order valence-electron chi connectivity index (χ2n) is 6.00. The molecule has 2 heterocycles. The number of carbonyl (C=O) groups is 1. The van der Waals surface area contributed by atoms with E-state index in [1.54, 1.807) is 30.6 Å². The smallest absolute Gasteiger partial charge is 0.250 e. The Balaban J connectivity index is 2.07. The first-order valence-corrected chi connectivity index (χ1v) is 10.4. The number of sulfonamides is 1. The van der Waals surface area contributed by atoms with Gasteiger partial charge in [0.1, 0.15) is 10.3 Å². The number of thiophene rings is 1. The molecule has 0 aliphatic carbocycles. The summed E-state index contributed by atoms with van der Waals surface area (Å²) in [5.41, 5.74) is 0.854. The highest BCUT2D eigenvalue weighted by atomic mass is 32.2. The second-order valence-corrected chi connectivity index (χ2v) is 9.11. The Morgan fingerprint density at radius 3 is 2.60 bits per heavy atom. The van der Waals surface area contributed by atoms with Gasteiger partial charge in [-0.15, -0.1) is 11.3 Å². The van der Waals surface area contributed by atoms with Gasteiger partial charge in [-0.1, -0.05) is 26.8 Å². The number of nitrogens with zero attached hydrogens (tertiary/aromatic N) is 1. The van der Waals surface area contributed by atoms with Crippen LogP contribution in [-0.2, 0) is 27.8 Å². The summed E-state index contributed by atoms with van der Waals surface area (Å²) >= 11 is 1.23. The van der Waals surface area contributed by atoms with Gasteiger partial charge in [-0.05, 0) is 36.1 Å². The van der Waals surface area contributed by atoms with E-state index in [9.17, 15) is 13.2 Å². The van der Waals surface area contributed by atoms with Crippen LogP contribution in [0.3, 0.4) is 0 Å². The minimum Gasteiger partial charge on any atom is -0.351 e. The lowest BCUT2D eigenvalue weighted by Gasteiger charge is -2.21. The van der Waals surface area contributed by atoms with Crippen molar-refractivity contribution in [3.63, 3.8) is 0 Å². The monoisotopic (exact) mass is 381 g/mol. The van der Waals surface area contributed by atoms with E-state index < -0.39 is 16.1 Å². The van der Waals surface area contributed by atoms with Crippen molar-refractivity contribution >= 4 is 27.3 Å². The third-order valence-electron chi connectivity index (χ3n) is 3.67. The first-order chi connectivity index (χ1) is 11.8. The van der Waals surface area contributed by atoms with Crippen molar-refractivity contribution in [2.75, 3.05) is 0 Å². The first-order valence-electron chi connectivity index (χ1n) is 8.11. The van der Waals surface area contributed by atoms with E-state index in [2.05, 4.69) is 15.0 Å². The molecule has 0 aliphatic rings. The highest BCUT2D eigenvalue weighted by Gasteiger charge is 2.29. The number of aryl methyl sites for hydroxylation is 1. The summed E-state index contributed by atoms with van der Waals surface area (Å²) in [6, 6.07) is 6.17. The summed E-state index contributed by atoms with van der Waals surface area (Å²) in [5, 5.41) is 2.77. The van der Waals surface area contributed by atoms with Gasteiger partial charge in [-0.25, -0.2) is 8.42 Å². The molecular weight excluding hydrogens is 358 g/mol. The number of amides is 1. The van der Waals surface area contributed by atoms with Crippen LogP contribution in [-0.4, -0.2) is 25.4 Å². The van der Waals surface area contributed by atoms with Crippen LogP contribution < -0.4 is 10.0 Å². The fourth-order valence-electron chi connectivity index (χ4n) is 2.21. The summed E-state index contributed by atoms with van der Waals surface area (Å²) in [4.78, 5) is 17.5. The maximum atomic E-state index is 12.6.